The highest BCUT2D eigenvalue weighted by molar-refractivity contribution is 9.10. The first-order valence-corrected chi connectivity index (χ1v) is 6.93. The highest BCUT2D eigenvalue weighted by Crippen LogP contribution is 2.32. The van der Waals surface area contributed by atoms with E-state index in [1.165, 1.54) is 4.88 Å². The van der Waals surface area contributed by atoms with Gasteiger partial charge in [0, 0.05) is 19.8 Å². The standard InChI is InChI=1S/C12H11BrClNS/c1-15-12(11-6-8(13)7-16-11)9-4-2-3-5-10(9)14/h2-7,12,15H,1H3. The second-order valence-corrected chi connectivity index (χ2v) is 5.68. The van der Waals surface area contributed by atoms with E-state index < -0.39 is 0 Å². The molecule has 1 heterocycles. The fraction of sp³-hybridized carbons (Fsp3) is 0.167. The molecule has 1 N–H and O–H groups in total. The second kappa shape index (κ2) is 5.32. The van der Waals surface area contributed by atoms with E-state index in [2.05, 4.69) is 38.8 Å². The summed E-state index contributed by atoms with van der Waals surface area (Å²) < 4.78 is 1.11. The summed E-state index contributed by atoms with van der Waals surface area (Å²) >= 11 is 11.4. The first-order valence-electron chi connectivity index (χ1n) is 4.88. The Morgan fingerprint density at radius 1 is 1.38 bits per heavy atom. The molecule has 0 spiro atoms. The highest BCUT2D eigenvalue weighted by Gasteiger charge is 2.16. The van der Waals surface area contributed by atoms with Crippen LogP contribution in [-0.4, -0.2) is 7.05 Å². The van der Waals surface area contributed by atoms with E-state index in [-0.39, 0.29) is 6.04 Å². The number of halogens is 2. The Kier molecular flexibility index (Phi) is 4.03. The molecule has 0 saturated heterocycles. The molecule has 0 saturated carbocycles. The van der Waals surface area contributed by atoms with Crippen molar-refractivity contribution in [3.8, 4) is 0 Å². The van der Waals surface area contributed by atoms with Crippen LogP contribution in [0, 0.1) is 0 Å². The van der Waals surface area contributed by atoms with E-state index >= 15 is 0 Å². The van der Waals surface area contributed by atoms with Crippen LogP contribution in [0.25, 0.3) is 0 Å². The number of benzene rings is 1. The lowest BCUT2D eigenvalue weighted by atomic mass is 10.1. The molecular weight excluding hydrogens is 306 g/mol. The molecule has 1 nitrogen and oxygen atoms in total. The van der Waals surface area contributed by atoms with Gasteiger partial charge in [-0.15, -0.1) is 11.3 Å². The van der Waals surface area contributed by atoms with Crippen molar-refractivity contribution < 1.29 is 0 Å². The van der Waals surface area contributed by atoms with Crippen molar-refractivity contribution in [3.63, 3.8) is 0 Å². The van der Waals surface area contributed by atoms with Crippen LogP contribution in [-0.2, 0) is 0 Å². The predicted octanol–water partition coefficient (Wildman–Crippen LogP) is 4.47. The maximum Gasteiger partial charge on any atom is 0.0683 e. The van der Waals surface area contributed by atoms with Crippen LogP contribution < -0.4 is 5.32 Å². The van der Waals surface area contributed by atoms with Gasteiger partial charge in [-0.05, 0) is 40.7 Å². The van der Waals surface area contributed by atoms with Gasteiger partial charge in [0.05, 0.1) is 6.04 Å². The molecule has 1 aromatic carbocycles. The Hall–Kier alpha value is -0.350. The van der Waals surface area contributed by atoms with Crippen molar-refractivity contribution in [2.75, 3.05) is 7.05 Å². The number of hydrogen-bond donors (Lipinski definition) is 1. The van der Waals surface area contributed by atoms with Gasteiger partial charge in [-0.25, -0.2) is 0 Å². The zero-order chi connectivity index (χ0) is 11.5. The van der Waals surface area contributed by atoms with Crippen LogP contribution >= 0.6 is 38.9 Å². The van der Waals surface area contributed by atoms with E-state index in [9.17, 15) is 0 Å². The average molecular weight is 317 g/mol. The zero-order valence-corrected chi connectivity index (χ0v) is 11.9. The van der Waals surface area contributed by atoms with Crippen LogP contribution in [0.5, 0.6) is 0 Å². The normalized spacial score (nSPS) is 12.7. The lowest BCUT2D eigenvalue weighted by molar-refractivity contribution is 0.704. The third kappa shape index (κ3) is 2.48. The van der Waals surface area contributed by atoms with E-state index in [1.54, 1.807) is 11.3 Å². The molecule has 84 valence electrons. The summed E-state index contributed by atoms with van der Waals surface area (Å²) in [5.41, 5.74) is 1.11. The quantitative estimate of drug-likeness (QED) is 0.881. The largest absolute Gasteiger partial charge is 0.309 e. The van der Waals surface area contributed by atoms with Crippen molar-refractivity contribution in [2.45, 2.75) is 6.04 Å². The summed E-state index contributed by atoms with van der Waals surface area (Å²) in [6.45, 7) is 0. The Labute approximate surface area is 113 Å². The summed E-state index contributed by atoms with van der Waals surface area (Å²) in [4.78, 5) is 1.25. The molecule has 2 rings (SSSR count). The van der Waals surface area contributed by atoms with Crippen molar-refractivity contribution in [1.82, 2.24) is 5.32 Å². The molecule has 1 atom stereocenters. The molecule has 4 heteroatoms. The Morgan fingerprint density at radius 2 is 2.12 bits per heavy atom. The number of hydrogen-bond acceptors (Lipinski definition) is 2. The number of rotatable bonds is 3. The average Bonchev–Trinajstić information content (AvgIpc) is 2.69. The summed E-state index contributed by atoms with van der Waals surface area (Å²) in [6.07, 6.45) is 0. The Balaban J connectivity index is 2.40. The Morgan fingerprint density at radius 3 is 2.69 bits per heavy atom. The SMILES string of the molecule is CNC(c1cc(Br)cs1)c1ccccc1Cl. The monoisotopic (exact) mass is 315 g/mol. The predicted molar refractivity (Wildman–Crippen MR) is 74.4 cm³/mol. The summed E-state index contributed by atoms with van der Waals surface area (Å²) in [7, 11) is 1.95. The molecule has 1 aromatic heterocycles. The minimum Gasteiger partial charge on any atom is -0.309 e. The third-order valence-electron chi connectivity index (χ3n) is 2.38. The molecule has 0 aliphatic heterocycles. The van der Waals surface area contributed by atoms with E-state index in [0.29, 0.717) is 0 Å². The topological polar surface area (TPSA) is 12.0 Å². The molecule has 16 heavy (non-hydrogen) atoms. The molecule has 2 aromatic rings. The fourth-order valence-electron chi connectivity index (χ4n) is 1.64. The van der Waals surface area contributed by atoms with Gasteiger partial charge in [0.1, 0.15) is 0 Å². The van der Waals surface area contributed by atoms with E-state index in [4.69, 9.17) is 11.6 Å². The smallest absolute Gasteiger partial charge is 0.0683 e. The number of nitrogens with one attached hydrogen (secondary N) is 1. The minimum absolute atomic E-state index is 0.157. The first kappa shape index (κ1) is 12.1. The van der Waals surface area contributed by atoms with Gasteiger partial charge in [-0.2, -0.15) is 0 Å². The molecule has 0 aliphatic carbocycles. The lowest BCUT2D eigenvalue weighted by Gasteiger charge is -2.16. The first-order chi connectivity index (χ1) is 7.72. The number of thiophene rings is 1. The van der Waals surface area contributed by atoms with Crippen LogP contribution in [0.3, 0.4) is 0 Å². The zero-order valence-electron chi connectivity index (χ0n) is 8.71. The molecular formula is C12H11BrClNS. The highest BCUT2D eigenvalue weighted by atomic mass is 79.9. The summed E-state index contributed by atoms with van der Waals surface area (Å²) in [6, 6.07) is 10.2. The van der Waals surface area contributed by atoms with Gasteiger partial charge in [-0.1, -0.05) is 29.8 Å². The fourth-order valence-corrected chi connectivity index (χ4v) is 3.46. The van der Waals surface area contributed by atoms with Crippen LogP contribution in [0.1, 0.15) is 16.5 Å². The minimum atomic E-state index is 0.157. The van der Waals surface area contributed by atoms with Crippen LogP contribution in [0.4, 0.5) is 0 Å². The van der Waals surface area contributed by atoms with Crippen LogP contribution in [0.15, 0.2) is 40.2 Å². The van der Waals surface area contributed by atoms with Crippen molar-refractivity contribution in [3.05, 3.63) is 55.6 Å². The molecule has 0 fully saturated rings. The molecule has 0 radical (unpaired) electrons. The van der Waals surface area contributed by atoms with Crippen molar-refractivity contribution in [2.24, 2.45) is 0 Å². The maximum atomic E-state index is 6.21. The van der Waals surface area contributed by atoms with Gasteiger partial charge in [0.25, 0.3) is 0 Å². The lowest BCUT2D eigenvalue weighted by Crippen LogP contribution is -2.16. The molecule has 0 bridgehead atoms. The Bertz CT molecular complexity index is 483. The van der Waals surface area contributed by atoms with Crippen LogP contribution in [0.2, 0.25) is 5.02 Å². The van der Waals surface area contributed by atoms with Crippen molar-refractivity contribution >= 4 is 38.9 Å². The molecule has 1 unspecified atom stereocenters. The summed E-state index contributed by atoms with van der Waals surface area (Å²) in [5.74, 6) is 0. The van der Waals surface area contributed by atoms with Gasteiger partial charge >= 0.3 is 0 Å². The second-order valence-electron chi connectivity index (χ2n) is 3.41. The van der Waals surface area contributed by atoms with Gasteiger partial charge in [-0.3, -0.25) is 0 Å². The van der Waals surface area contributed by atoms with Crippen molar-refractivity contribution in [1.29, 1.82) is 0 Å². The summed E-state index contributed by atoms with van der Waals surface area (Å²) in [5, 5.41) is 6.17. The molecule has 0 aliphatic rings. The maximum absolute atomic E-state index is 6.21. The van der Waals surface area contributed by atoms with Gasteiger partial charge in [0.2, 0.25) is 0 Å². The van der Waals surface area contributed by atoms with E-state index in [0.717, 1.165) is 15.1 Å². The van der Waals surface area contributed by atoms with E-state index in [1.807, 2.05) is 25.2 Å². The van der Waals surface area contributed by atoms with Gasteiger partial charge < -0.3 is 5.32 Å². The third-order valence-corrected chi connectivity index (χ3v) is 4.48. The molecule has 0 amide bonds. The van der Waals surface area contributed by atoms with Gasteiger partial charge in [0.15, 0.2) is 0 Å².